The zero-order chi connectivity index (χ0) is 14.2. The number of guanidine groups is 1. The van der Waals surface area contributed by atoms with Gasteiger partial charge in [-0.25, -0.2) is 0 Å². The molecule has 20 heavy (non-hydrogen) atoms. The van der Waals surface area contributed by atoms with E-state index in [1.54, 1.807) is 7.05 Å². The lowest BCUT2D eigenvalue weighted by molar-refractivity contribution is 0.809. The van der Waals surface area contributed by atoms with Crippen molar-refractivity contribution < 1.29 is 0 Å². The fourth-order valence-electron chi connectivity index (χ4n) is 1.83. The van der Waals surface area contributed by atoms with Crippen molar-refractivity contribution in [1.29, 1.82) is 0 Å². The van der Waals surface area contributed by atoms with Gasteiger partial charge in [0.25, 0.3) is 0 Å². The Bertz CT molecular complexity index is 567. The Morgan fingerprint density at radius 1 is 0.950 bits per heavy atom. The van der Waals surface area contributed by atoms with Crippen LogP contribution in [0.4, 0.5) is 0 Å². The van der Waals surface area contributed by atoms with Crippen LogP contribution < -0.4 is 10.6 Å². The molecule has 0 radical (unpaired) electrons. The van der Waals surface area contributed by atoms with Crippen LogP contribution in [0.1, 0.15) is 11.1 Å². The molecular formula is C16H18ClN3. The minimum absolute atomic E-state index is 0.690. The fraction of sp³-hybridized carbons (Fsp3) is 0.188. The summed E-state index contributed by atoms with van der Waals surface area (Å²) in [5.74, 6) is 0.772. The minimum atomic E-state index is 0.690. The first kappa shape index (κ1) is 14.4. The van der Waals surface area contributed by atoms with Gasteiger partial charge < -0.3 is 10.6 Å². The Hall–Kier alpha value is -2.00. The molecule has 0 aliphatic heterocycles. The second kappa shape index (κ2) is 7.56. The van der Waals surface area contributed by atoms with E-state index in [0.717, 1.165) is 23.1 Å². The first-order valence-corrected chi connectivity index (χ1v) is 6.88. The monoisotopic (exact) mass is 287 g/mol. The van der Waals surface area contributed by atoms with Gasteiger partial charge in [-0.3, -0.25) is 4.99 Å². The maximum Gasteiger partial charge on any atom is 0.191 e. The molecule has 104 valence electrons. The van der Waals surface area contributed by atoms with Crippen molar-refractivity contribution in [1.82, 2.24) is 10.6 Å². The summed E-state index contributed by atoms with van der Waals surface area (Å²) in [7, 11) is 1.76. The molecule has 0 aliphatic carbocycles. The van der Waals surface area contributed by atoms with Gasteiger partial charge in [0.15, 0.2) is 5.96 Å². The van der Waals surface area contributed by atoms with Crippen LogP contribution in [0.5, 0.6) is 0 Å². The Kier molecular flexibility index (Phi) is 5.44. The number of benzene rings is 2. The predicted molar refractivity (Wildman–Crippen MR) is 84.9 cm³/mol. The first-order chi connectivity index (χ1) is 9.78. The highest BCUT2D eigenvalue weighted by Crippen LogP contribution is 2.10. The lowest BCUT2D eigenvalue weighted by Gasteiger charge is -2.12. The summed E-state index contributed by atoms with van der Waals surface area (Å²) >= 11 is 5.96. The molecule has 0 aliphatic rings. The van der Waals surface area contributed by atoms with Crippen LogP contribution in [0, 0.1) is 0 Å². The van der Waals surface area contributed by atoms with Crippen molar-refractivity contribution in [3.8, 4) is 0 Å². The smallest absolute Gasteiger partial charge is 0.191 e. The number of hydrogen-bond donors (Lipinski definition) is 2. The van der Waals surface area contributed by atoms with Gasteiger partial charge in [0.1, 0.15) is 0 Å². The van der Waals surface area contributed by atoms with Crippen LogP contribution in [-0.2, 0) is 13.1 Å². The molecule has 0 saturated carbocycles. The molecular weight excluding hydrogens is 270 g/mol. The molecule has 2 aromatic rings. The zero-order valence-corrected chi connectivity index (χ0v) is 12.2. The van der Waals surface area contributed by atoms with Crippen molar-refractivity contribution in [2.45, 2.75) is 13.1 Å². The summed E-state index contributed by atoms with van der Waals surface area (Å²) in [6.07, 6.45) is 0. The number of aliphatic imine (C=N–C) groups is 1. The van der Waals surface area contributed by atoms with Crippen molar-refractivity contribution in [2.75, 3.05) is 7.05 Å². The molecule has 0 aromatic heterocycles. The molecule has 2 N–H and O–H groups in total. The molecule has 0 spiro atoms. The minimum Gasteiger partial charge on any atom is -0.352 e. The average molecular weight is 288 g/mol. The standard InChI is InChI=1S/C16H18ClN3/c1-18-16(19-11-13-6-3-2-4-7-13)20-12-14-8-5-9-15(17)10-14/h2-10H,11-12H2,1H3,(H2,18,19,20). The first-order valence-electron chi connectivity index (χ1n) is 6.51. The van der Waals surface area contributed by atoms with Crippen LogP contribution in [0.2, 0.25) is 5.02 Å². The Morgan fingerprint density at radius 2 is 1.60 bits per heavy atom. The second-order valence-electron chi connectivity index (χ2n) is 4.39. The van der Waals surface area contributed by atoms with Crippen molar-refractivity contribution >= 4 is 17.6 Å². The van der Waals surface area contributed by atoms with E-state index < -0.39 is 0 Å². The van der Waals surface area contributed by atoms with Crippen LogP contribution in [0.3, 0.4) is 0 Å². The number of rotatable bonds is 4. The van der Waals surface area contributed by atoms with E-state index in [2.05, 4.69) is 27.8 Å². The molecule has 0 atom stereocenters. The molecule has 4 heteroatoms. The maximum atomic E-state index is 5.96. The number of halogens is 1. The third-order valence-corrected chi connectivity index (χ3v) is 3.11. The predicted octanol–water partition coefficient (Wildman–Crippen LogP) is 3.21. The van der Waals surface area contributed by atoms with Gasteiger partial charge in [0.05, 0.1) is 0 Å². The van der Waals surface area contributed by atoms with Gasteiger partial charge in [-0.2, -0.15) is 0 Å². The van der Waals surface area contributed by atoms with Crippen LogP contribution >= 0.6 is 11.6 Å². The zero-order valence-electron chi connectivity index (χ0n) is 11.4. The number of hydrogen-bond acceptors (Lipinski definition) is 1. The van der Waals surface area contributed by atoms with E-state index in [0.29, 0.717) is 6.54 Å². The quantitative estimate of drug-likeness (QED) is 0.669. The molecule has 0 heterocycles. The third kappa shape index (κ3) is 4.59. The van der Waals surface area contributed by atoms with E-state index in [9.17, 15) is 0 Å². The Labute approximate surface area is 124 Å². The summed E-state index contributed by atoms with van der Waals surface area (Å²) in [5.41, 5.74) is 2.35. The fourth-order valence-corrected chi connectivity index (χ4v) is 2.05. The molecule has 0 amide bonds. The van der Waals surface area contributed by atoms with E-state index in [-0.39, 0.29) is 0 Å². The molecule has 2 aromatic carbocycles. The lowest BCUT2D eigenvalue weighted by Crippen LogP contribution is -2.36. The molecule has 3 nitrogen and oxygen atoms in total. The summed E-state index contributed by atoms with van der Waals surface area (Å²) in [4.78, 5) is 4.20. The van der Waals surface area contributed by atoms with Crippen molar-refractivity contribution in [2.24, 2.45) is 4.99 Å². The second-order valence-corrected chi connectivity index (χ2v) is 4.83. The average Bonchev–Trinajstić information content (AvgIpc) is 2.48. The van der Waals surface area contributed by atoms with Crippen LogP contribution in [0.25, 0.3) is 0 Å². The summed E-state index contributed by atoms with van der Waals surface area (Å²) in [6.45, 7) is 1.44. The van der Waals surface area contributed by atoms with E-state index in [1.165, 1.54) is 5.56 Å². The topological polar surface area (TPSA) is 36.4 Å². The van der Waals surface area contributed by atoms with Gasteiger partial charge in [0.2, 0.25) is 0 Å². The summed E-state index contributed by atoms with van der Waals surface area (Å²) < 4.78 is 0. The highest BCUT2D eigenvalue weighted by molar-refractivity contribution is 6.30. The molecule has 0 unspecified atom stereocenters. The molecule has 0 fully saturated rings. The van der Waals surface area contributed by atoms with E-state index in [4.69, 9.17) is 11.6 Å². The normalized spacial score (nSPS) is 11.2. The molecule has 2 rings (SSSR count). The highest BCUT2D eigenvalue weighted by Gasteiger charge is 1.99. The van der Waals surface area contributed by atoms with Crippen molar-refractivity contribution in [3.63, 3.8) is 0 Å². The highest BCUT2D eigenvalue weighted by atomic mass is 35.5. The van der Waals surface area contributed by atoms with Gasteiger partial charge in [-0.15, -0.1) is 0 Å². The van der Waals surface area contributed by atoms with Crippen LogP contribution in [-0.4, -0.2) is 13.0 Å². The Balaban J connectivity index is 1.84. The van der Waals surface area contributed by atoms with Crippen molar-refractivity contribution in [3.05, 3.63) is 70.7 Å². The maximum absolute atomic E-state index is 5.96. The Morgan fingerprint density at radius 3 is 2.25 bits per heavy atom. The lowest BCUT2D eigenvalue weighted by atomic mass is 10.2. The van der Waals surface area contributed by atoms with E-state index >= 15 is 0 Å². The van der Waals surface area contributed by atoms with Crippen LogP contribution in [0.15, 0.2) is 59.6 Å². The van der Waals surface area contributed by atoms with Gasteiger partial charge in [0, 0.05) is 25.2 Å². The van der Waals surface area contributed by atoms with Gasteiger partial charge in [-0.05, 0) is 23.3 Å². The van der Waals surface area contributed by atoms with Gasteiger partial charge in [-0.1, -0.05) is 54.1 Å². The SMILES string of the molecule is CN=C(NCc1ccccc1)NCc1cccc(Cl)c1. The number of nitrogens with zero attached hydrogens (tertiary/aromatic N) is 1. The molecule has 0 saturated heterocycles. The van der Waals surface area contributed by atoms with E-state index in [1.807, 2.05) is 42.5 Å². The van der Waals surface area contributed by atoms with Gasteiger partial charge >= 0.3 is 0 Å². The largest absolute Gasteiger partial charge is 0.352 e. The summed E-state index contributed by atoms with van der Waals surface area (Å²) in [5, 5.41) is 7.29. The third-order valence-electron chi connectivity index (χ3n) is 2.88. The summed E-state index contributed by atoms with van der Waals surface area (Å²) in [6, 6.07) is 18.0. The number of nitrogens with one attached hydrogen (secondary N) is 2. The molecule has 0 bridgehead atoms.